The second-order valence-corrected chi connectivity index (χ2v) is 7.40. The molecule has 1 saturated heterocycles. The maximum Gasteiger partial charge on any atom is 0.225 e. The number of hydrogen-bond acceptors (Lipinski definition) is 5. The average molecular weight is 358 g/mol. The van der Waals surface area contributed by atoms with Crippen LogP contribution < -0.4 is 9.64 Å². The van der Waals surface area contributed by atoms with Gasteiger partial charge in [0.05, 0.1) is 12.0 Å². The largest absolute Gasteiger partial charge is 0.486 e. The lowest BCUT2D eigenvalue weighted by molar-refractivity contribution is 0.0230. The molecule has 5 nitrogen and oxygen atoms in total. The van der Waals surface area contributed by atoms with E-state index in [4.69, 9.17) is 16.3 Å². The van der Waals surface area contributed by atoms with Gasteiger partial charge in [0.1, 0.15) is 11.4 Å². The SMILES string of the molecule is Cc1cc(C)nc(N2CCC3(CC2)CC(=O)c2cc(Cl)ccc2O3)n1. The van der Waals surface area contributed by atoms with Gasteiger partial charge in [-0.2, -0.15) is 0 Å². The lowest BCUT2D eigenvalue weighted by Gasteiger charge is -2.44. The van der Waals surface area contributed by atoms with Crippen LogP contribution in [0.1, 0.15) is 41.0 Å². The quantitative estimate of drug-likeness (QED) is 0.778. The van der Waals surface area contributed by atoms with Gasteiger partial charge in [-0.25, -0.2) is 9.97 Å². The molecule has 3 heterocycles. The summed E-state index contributed by atoms with van der Waals surface area (Å²) >= 11 is 6.00. The molecule has 2 aliphatic rings. The molecular formula is C19H20ClN3O2. The fourth-order valence-corrected chi connectivity index (χ4v) is 3.88. The molecule has 0 atom stereocenters. The number of ketones is 1. The van der Waals surface area contributed by atoms with E-state index in [9.17, 15) is 4.79 Å². The predicted molar refractivity (Wildman–Crippen MR) is 96.7 cm³/mol. The average Bonchev–Trinajstić information content (AvgIpc) is 2.55. The predicted octanol–water partition coefficient (Wildman–Crippen LogP) is 3.75. The zero-order chi connectivity index (χ0) is 17.6. The van der Waals surface area contributed by atoms with Crippen molar-refractivity contribution in [3.63, 3.8) is 0 Å². The highest BCUT2D eigenvalue weighted by atomic mass is 35.5. The van der Waals surface area contributed by atoms with Crippen LogP contribution in [0, 0.1) is 13.8 Å². The number of piperidine rings is 1. The molecule has 1 aromatic heterocycles. The van der Waals surface area contributed by atoms with Crippen LogP contribution in [-0.4, -0.2) is 34.4 Å². The van der Waals surface area contributed by atoms with Gasteiger partial charge in [0, 0.05) is 42.3 Å². The van der Waals surface area contributed by atoms with Crippen LogP contribution in [-0.2, 0) is 0 Å². The molecule has 0 amide bonds. The summed E-state index contributed by atoms with van der Waals surface area (Å²) < 4.78 is 6.27. The summed E-state index contributed by atoms with van der Waals surface area (Å²) in [5, 5.41) is 0.563. The topological polar surface area (TPSA) is 55.3 Å². The smallest absolute Gasteiger partial charge is 0.225 e. The summed E-state index contributed by atoms with van der Waals surface area (Å²) in [4.78, 5) is 23.8. The number of carbonyl (C=O) groups is 1. The van der Waals surface area contributed by atoms with Crippen molar-refractivity contribution in [3.05, 3.63) is 46.2 Å². The minimum atomic E-state index is -0.423. The number of nitrogens with zero attached hydrogens (tertiary/aromatic N) is 3. The van der Waals surface area contributed by atoms with Crippen molar-refractivity contribution in [2.45, 2.75) is 38.7 Å². The van der Waals surface area contributed by atoms with Crippen LogP contribution in [0.2, 0.25) is 5.02 Å². The number of aromatic nitrogens is 2. The first kappa shape index (κ1) is 16.3. The second-order valence-electron chi connectivity index (χ2n) is 6.96. The van der Waals surface area contributed by atoms with Crippen LogP contribution in [0.5, 0.6) is 5.75 Å². The first-order valence-corrected chi connectivity index (χ1v) is 8.91. The molecule has 2 aliphatic heterocycles. The van der Waals surface area contributed by atoms with E-state index >= 15 is 0 Å². The summed E-state index contributed by atoms with van der Waals surface area (Å²) in [6.45, 7) is 5.52. The van der Waals surface area contributed by atoms with Crippen molar-refractivity contribution >= 4 is 23.3 Å². The third-order valence-corrected chi connectivity index (χ3v) is 5.21. The Balaban J connectivity index is 1.53. The Morgan fingerprint density at radius 1 is 1.12 bits per heavy atom. The number of anilines is 1. The lowest BCUT2D eigenvalue weighted by atomic mass is 9.82. The maximum atomic E-state index is 12.6. The van der Waals surface area contributed by atoms with E-state index in [1.807, 2.05) is 19.9 Å². The van der Waals surface area contributed by atoms with Gasteiger partial charge in [-0.15, -0.1) is 0 Å². The van der Waals surface area contributed by atoms with Gasteiger partial charge in [0.2, 0.25) is 5.95 Å². The number of halogens is 1. The van der Waals surface area contributed by atoms with E-state index in [-0.39, 0.29) is 5.78 Å². The molecule has 6 heteroatoms. The molecule has 0 radical (unpaired) electrons. The van der Waals surface area contributed by atoms with Gasteiger partial charge in [-0.05, 0) is 38.1 Å². The fraction of sp³-hybridized carbons (Fsp3) is 0.421. The number of Topliss-reactive ketones (excluding diaryl/α,β-unsaturated/α-hetero) is 1. The minimum Gasteiger partial charge on any atom is -0.486 e. The van der Waals surface area contributed by atoms with Crippen LogP contribution in [0.25, 0.3) is 0 Å². The Morgan fingerprint density at radius 3 is 2.48 bits per heavy atom. The molecule has 4 rings (SSSR count). The first-order chi connectivity index (χ1) is 11.9. The zero-order valence-electron chi connectivity index (χ0n) is 14.4. The molecule has 0 aliphatic carbocycles. The third kappa shape index (κ3) is 3.09. The van der Waals surface area contributed by atoms with E-state index in [1.54, 1.807) is 18.2 Å². The van der Waals surface area contributed by atoms with Crippen LogP contribution in [0.3, 0.4) is 0 Å². The van der Waals surface area contributed by atoms with Gasteiger partial charge < -0.3 is 9.64 Å². The highest BCUT2D eigenvalue weighted by Crippen LogP contribution is 2.40. The minimum absolute atomic E-state index is 0.111. The van der Waals surface area contributed by atoms with Gasteiger partial charge in [-0.1, -0.05) is 11.6 Å². The van der Waals surface area contributed by atoms with E-state index in [0.29, 0.717) is 22.8 Å². The standard InChI is InChI=1S/C19H20ClN3O2/c1-12-9-13(2)22-18(21-12)23-7-5-19(6-8-23)11-16(24)15-10-14(20)3-4-17(15)25-19/h3-4,9-10H,5-8,11H2,1-2H3. The molecule has 130 valence electrons. The Hall–Kier alpha value is -2.14. The number of aryl methyl sites for hydroxylation is 2. The number of ether oxygens (including phenoxy) is 1. The van der Waals surface area contributed by atoms with Crippen LogP contribution >= 0.6 is 11.6 Å². The lowest BCUT2D eigenvalue weighted by Crippen LogP contribution is -2.51. The number of benzene rings is 1. The molecule has 0 saturated carbocycles. The van der Waals surface area contributed by atoms with E-state index in [1.165, 1.54) is 0 Å². The van der Waals surface area contributed by atoms with Crippen LogP contribution in [0.4, 0.5) is 5.95 Å². The van der Waals surface area contributed by atoms with Gasteiger partial charge in [-0.3, -0.25) is 4.79 Å². The molecule has 2 aromatic rings. The van der Waals surface area contributed by atoms with E-state index in [2.05, 4.69) is 14.9 Å². The van der Waals surface area contributed by atoms with E-state index in [0.717, 1.165) is 43.3 Å². The van der Waals surface area contributed by atoms with Gasteiger partial charge in [0.25, 0.3) is 0 Å². The normalized spacial score (nSPS) is 18.8. The van der Waals surface area contributed by atoms with Crippen LogP contribution in [0.15, 0.2) is 24.3 Å². The Labute approximate surface area is 152 Å². The van der Waals surface area contributed by atoms with E-state index < -0.39 is 5.60 Å². The second kappa shape index (κ2) is 5.99. The van der Waals surface area contributed by atoms with Crippen molar-refractivity contribution in [2.75, 3.05) is 18.0 Å². The number of fused-ring (bicyclic) bond motifs is 1. The summed E-state index contributed by atoms with van der Waals surface area (Å²) in [6.07, 6.45) is 1.95. The molecule has 1 spiro atoms. The number of hydrogen-bond donors (Lipinski definition) is 0. The zero-order valence-corrected chi connectivity index (χ0v) is 15.1. The number of rotatable bonds is 1. The Bertz CT molecular complexity index is 824. The summed E-state index contributed by atoms with van der Waals surface area (Å²) in [5.41, 5.74) is 2.11. The van der Waals surface area contributed by atoms with Gasteiger partial charge >= 0.3 is 0 Å². The molecule has 1 fully saturated rings. The van der Waals surface area contributed by atoms with Crippen molar-refractivity contribution in [1.29, 1.82) is 0 Å². The summed E-state index contributed by atoms with van der Waals surface area (Å²) in [7, 11) is 0. The Kier molecular flexibility index (Phi) is 3.91. The van der Waals surface area contributed by atoms with Crippen molar-refractivity contribution in [1.82, 2.24) is 9.97 Å². The molecule has 25 heavy (non-hydrogen) atoms. The highest BCUT2D eigenvalue weighted by Gasteiger charge is 2.43. The highest BCUT2D eigenvalue weighted by molar-refractivity contribution is 6.31. The van der Waals surface area contributed by atoms with Crippen molar-refractivity contribution in [2.24, 2.45) is 0 Å². The maximum absolute atomic E-state index is 12.6. The molecule has 0 N–H and O–H groups in total. The summed E-state index contributed by atoms with van der Waals surface area (Å²) in [6, 6.07) is 7.24. The summed E-state index contributed by atoms with van der Waals surface area (Å²) in [5.74, 6) is 1.53. The monoisotopic (exact) mass is 357 g/mol. The molecule has 0 bridgehead atoms. The van der Waals surface area contributed by atoms with Crippen molar-refractivity contribution < 1.29 is 9.53 Å². The number of carbonyl (C=O) groups excluding carboxylic acids is 1. The first-order valence-electron chi connectivity index (χ1n) is 8.53. The van der Waals surface area contributed by atoms with Gasteiger partial charge in [0.15, 0.2) is 5.78 Å². The molecule has 0 unspecified atom stereocenters. The Morgan fingerprint density at radius 2 is 1.80 bits per heavy atom. The third-order valence-electron chi connectivity index (χ3n) is 4.98. The molecular weight excluding hydrogens is 338 g/mol. The fourth-order valence-electron chi connectivity index (χ4n) is 3.71. The molecule has 1 aromatic carbocycles. The van der Waals surface area contributed by atoms with Crippen molar-refractivity contribution in [3.8, 4) is 5.75 Å².